The molecule has 0 aromatic heterocycles. The van der Waals surface area contributed by atoms with Crippen molar-refractivity contribution in [2.24, 2.45) is 11.3 Å². The molecule has 0 radical (unpaired) electrons. The Kier molecular flexibility index (Phi) is 4.41. The summed E-state index contributed by atoms with van der Waals surface area (Å²) >= 11 is 0. The highest BCUT2D eigenvalue weighted by Crippen LogP contribution is 2.37. The van der Waals surface area contributed by atoms with Gasteiger partial charge in [0.05, 0.1) is 0 Å². The van der Waals surface area contributed by atoms with Gasteiger partial charge < -0.3 is 4.90 Å². The number of hydrogen-bond donors (Lipinski definition) is 0. The Labute approximate surface area is 116 Å². The number of ketones is 1. The van der Waals surface area contributed by atoms with Crippen LogP contribution in [-0.4, -0.2) is 24.3 Å². The minimum absolute atomic E-state index is 0.220. The van der Waals surface area contributed by atoms with Crippen molar-refractivity contribution in [1.29, 1.82) is 0 Å². The molecule has 1 atom stereocenters. The number of nitrogens with zero attached hydrogens (tertiary/aromatic N) is 1. The highest BCUT2D eigenvalue weighted by molar-refractivity contribution is 5.82. The number of hydrogen-bond acceptors (Lipinski definition) is 2. The third-order valence-corrected chi connectivity index (χ3v) is 4.13. The van der Waals surface area contributed by atoms with Crippen LogP contribution in [-0.2, 0) is 11.3 Å². The van der Waals surface area contributed by atoms with Crippen molar-refractivity contribution in [3.63, 3.8) is 0 Å². The maximum atomic E-state index is 12.0. The molecule has 0 heterocycles. The van der Waals surface area contributed by atoms with Gasteiger partial charge in [-0.05, 0) is 30.9 Å². The molecule has 104 valence electrons. The van der Waals surface area contributed by atoms with E-state index in [1.165, 1.54) is 5.56 Å². The molecule has 0 bridgehead atoms. The number of carbonyl (C=O) groups excluding carboxylic acids is 1. The average Bonchev–Trinajstić information content (AvgIpc) is 2.35. The Bertz CT molecular complexity index is 424. The van der Waals surface area contributed by atoms with Gasteiger partial charge in [-0.25, -0.2) is 0 Å². The second kappa shape index (κ2) is 5.87. The lowest BCUT2D eigenvalue weighted by Crippen LogP contribution is -2.37. The predicted octanol–water partition coefficient (Wildman–Crippen LogP) is 3.51. The fourth-order valence-electron chi connectivity index (χ4n) is 3.05. The lowest BCUT2D eigenvalue weighted by atomic mass is 9.71. The van der Waals surface area contributed by atoms with Crippen molar-refractivity contribution in [2.45, 2.75) is 39.7 Å². The summed E-state index contributed by atoms with van der Waals surface area (Å²) in [5, 5.41) is 0. The van der Waals surface area contributed by atoms with Crippen molar-refractivity contribution in [1.82, 2.24) is 4.90 Å². The van der Waals surface area contributed by atoms with E-state index in [-0.39, 0.29) is 5.92 Å². The second-order valence-electron chi connectivity index (χ2n) is 6.71. The van der Waals surface area contributed by atoms with E-state index in [1.807, 2.05) is 6.07 Å². The fraction of sp³-hybridized carbons (Fsp3) is 0.588. The first-order valence-electron chi connectivity index (χ1n) is 7.21. The van der Waals surface area contributed by atoms with E-state index in [0.29, 0.717) is 11.2 Å². The predicted molar refractivity (Wildman–Crippen MR) is 78.9 cm³/mol. The Morgan fingerprint density at radius 1 is 1.26 bits per heavy atom. The number of Topliss-reactive ketones (excluding diaryl/α,β-unsaturated/α-hetero) is 1. The molecule has 1 saturated carbocycles. The molecule has 1 fully saturated rings. The van der Waals surface area contributed by atoms with E-state index < -0.39 is 0 Å². The van der Waals surface area contributed by atoms with Crippen molar-refractivity contribution in [2.75, 3.05) is 13.6 Å². The SMILES string of the molecule is CN(Cc1ccccc1)CC1CC(C)(C)CCC1=O. The van der Waals surface area contributed by atoms with Gasteiger partial charge in [0, 0.05) is 25.4 Å². The molecule has 2 nitrogen and oxygen atoms in total. The summed E-state index contributed by atoms with van der Waals surface area (Å²) in [6, 6.07) is 10.5. The summed E-state index contributed by atoms with van der Waals surface area (Å²) in [6.07, 6.45) is 2.84. The van der Waals surface area contributed by atoms with Gasteiger partial charge in [0.2, 0.25) is 0 Å². The van der Waals surface area contributed by atoms with Gasteiger partial charge >= 0.3 is 0 Å². The molecule has 1 aromatic carbocycles. The number of rotatable bonds is 4. The molecule has 1 unspecified atom stereocenters. The van der Waals surface area contributed by atoms with Crippen LogP contribution in [0.4, 0.5) is 0 Å². The molecule has 0 saturated heterocycles. The van der Waals surface area contributed by atoms with Crippen LogP contribution in [0.1, 0.15) is 38.7 Å². The molecule has 1 aliphatic rings. The summed E-state index contributed by atoms with van der Waals surface area (Å²) in [7, 11) is 2.11. The van der Waals surface area contributed by atoms with E-state index in [2.05, 4.69) is 50.1 Å². The van der Waals surface area contributed by atoms with Gasteiger partial charge in [-0.1, -0.05) is 44.2 Å². The summed E-state index contributed by atoms with van der Waals surface area (Å²) < 4.78 is 0. The average molecular weight is 259 g/mol. The van der Waals surface area contributed by atoms with Crippen LogP contribution in [0, 0.1) is 11.3 Å². The van der Waals surface area contributed by atoms with Crippen molar-refractivity contribution >= 4 is 5.78 Å². The molecule has 1 aromatic rings. The van der Waals surface area contributed by atoms with E-state index in [1.54, 1.807) is 0 Å². The Balaban J connectivity index is 1.91. The summed E-state index contributed by atoms with van der Waals surface area (Å²) in [6.45, 7) is 6.37. The van der Waals surface area contributed by atoms with Gasteiger partial charge in [-0.15, -0.1) is 0 Å². The minimum atomic E-state index is 0.220. The van der Waals surface area contributed by atoms with Crippen LogP contribution in [0.25, 0.3) is 0 Å². The van der Waals surface area contributed by atoms with Gasteiger partial charge in [0.25, 0.3) is 0 Å². The van der Waals surface area contributed by atoms with E-state index in [9.17, 15) is 4.79 Å². The Morgan fingerprint density at radius 2 is 1.95 bits per heavy atom. The van der Waals surface area contributed by atoms with Crippen LogP contribution in [0.2, 0.25) is 0 Å². The molecule has 0 aliphatic heterocycles. The largest absolute Gasteiger partial charge is 0.301 e. The van der Waals surface area contributed by atoms with E-state index in [4.69, 9.17) is 0 Å². The highest BCUT2D eigenvalue weighted by atomic mass is 16.1. The number of benzene rings is 1. The van der Waals surface area contributed by atoms with Gasteiger partial charge in [0.15, 0.2) is 0 Å². The first kappa shape index (κ1) is 14.3. The molecule has 2 rings (SSSR count). The topological polar surface area (TPSA) is 20.3 Å². The zero-order valence-electron chi connectivity index (χ0n) is 12.4. The fourth-order valence-corrected chi connectivity index (χ4v) is 3.05. The van der Waals surface area contributed by atoms with Crippen LogP contribution in [0.15, 0.2) is 30.3 Å². The first-order valence-corrected chi connectivity index (χ1v) is 7.21. The molecular formula is C17H25NO. The molecule has 0 N–H and O–H groups in total. The quantitative estimate of drug-likeness (QED) is 0.824. The summed E-state index contributed by atoms with van der Waals surface area (Å²) in [5.74, 6) is 0.677. The van der Waals surface area contributed by atoms with E-state index >= 15 is 0 Å². The van der Waals surface area contributed by atoms with Gasteiger partial charge in [-0.3, -0.25) is 4.79 Å². The molecular weight excluding hydrogens is 234 g/mol. The highest BCUT2D eigenvalue weighted by Gasteiger charge is 2.33. The van der Waals surface area contributed by atoms with Crippen LogP contribution in [0.3, 0.4) is 0 Å². The molecule has 19 heavy (non-hydrogen) atoms. The van der Waals surface area contributed by atoms with Crippen molar-refractivity contribution < 1.29 is 4.79 Å². The van der Waals surface area contributed by atoms with Crippen LogP contribution < -0.4 is 0 Å². The third-order valence-electron chi connectivity index (χ3n) is 4.13. The lowest BCUT2D eigenvalue weighted by Gasteiger charge is -2.36. The van der Waals surface area contributed by atoms with Gasteiger partial charge in [-0.2, -0.15) is 0 Å². The molecule has 0 amide bonds. The first-order chi connectivity index (χ1) is 8.96. The van der Waals surface area contributed by atoms with E-state index in [0.717, 1.165) is 32.4 Å². The third kappa shape index (κ3) is 4.17. The second-order valence-corrected chi connectivity index (χ2v) is 6.71. The lowest BCUT2D eigenvalue weighted by molar-refractivity contribution is -0.127. The maximum absolute atomic E-state index is 12.0. The summed E-state index contributed by atoms with van der Waals surface area (Å²) in [5.41, 5.74) is 1.64. The van der Waals surface area contributed by atoms with Crippen molar-refractivity contribution in [3.05, 3.63) is 35.9 Å². The molecule has 1 aliphatic carbocycles. The zero-order valence-corrected chi connectivity index (χ0v) is 12.4. The summed E-state index contributed by atoms with van der Waals surface area (Å²) in [4.78, 5) is 14.3. The number of carbonyl (C=O) groups is 1. The Morgan fingerprint density at radius 3 is 2.63 bits per heavy atom. The molecule has 2 heteroatoms. The Hall–Kier alpha value is -1.15. The van der Waals surface area contributed by atoms with Gasteiger partial charge in [0.1, 0.15) is 5.78 Å². The molecule has 0 spiro atoms. The van der Waals surface area contributed by atoms with Crippen molar-refractivity contribution in [3.8, 4) is 0 Å². The minimum Gasteiger partial charge on any atom is -0.301 e. The van der Waals surface area contributed by atoms with Crippen LogP contribution in [0.5, 0.6) is 0 Å². The smallest absolute Gasteiger partial charge is 0.137 e. The normalized spacial score (nSPS) is 22.7. The standard InChI is InChI=1S/C17H25NO/c1-17(2)10-9-16(19)15(11-17)13-18(3)12-14-7-5-4-6-8-14/h4-8,15H,9-13H2,1-3H3. The monoisotopic (exact) mass is 259 g/mol. The van der Waals surface area contributed by atoms with Crippen LogP contribution >= 0.6 is 0 Å². The maximum Gasteiger partial charge on any atom is 0.137 e. The zero-order chi connectivity index (χ0) is 13.9.